The van der Waals surface area contributed by atoms with Crippen molar-refractivity contribution in [2.45, 2.75) is 65.5 Å². The molecule has 11 nitrogen and oxygen atoms in total. The maximum absolute atomic E-state index is 14.2. The summed E-state index contributed by atoms with van der Waals surface area (Å²) in [5.74, 6) is 0.724. The fraction of sp³-hybridized carbons (Fsp3) is 0.419. The molecule has 3 rings (SSSR count). The lowest BCUT2D eigenvalue weighted by atomic mass is 9.97. The zero-order chi connectivity index (χ0) is 30.9. The van der Waals surface area contributed by atoms with Gasteiger partial charge in [-0.25, -0.2) is 0 Å². The molecule has 226 valence electrons. The molecule has 0 aliphatic heterocycles. The summed E-state index contributed by atoms with van der Waals surface area (Å²) in [7, 11) is 2.98. The standard InChI is InChI=1S/C31H40N4O7/c1-8-31(4,5)33-30(38)28(23-14-11-15-24(39-6)29(23)40-7)35(21-12-10-13-22(19-21)41-9-2)27(37)17-16-26(36)32-25-18-20(3)42-34-25/h10-15,18-19,28H,8-9,16-17H2,1-7H3,(H,33,38)(H,32,34,36). The Kier molecular flexibility index (Phi) is 11.0. The summed E-state index contributed by atoms with van der Waals surface area (Å²) in [5.41, 5.74) is 0.260. The van der Waals surface area contributed by atoms with E-state index in [1.54, 1.807) is 55.5 Å². The van der Waals surface area contributed by atoms with Crippen molar-refractivity contribution in [2.24, 2.45) is 0 Å². The molecule has 0 aliphatic carbocycles. The molecular weight excluding hydrogens is 540 g/mol. The van der Waals surface area contributed by atoms with Crippen molar-refractivity contribution < 1.29 is 33.1 Å². The lowest BCUT2D eigenvalue weighted by molar-refractivity contribution is -0.128. The van der Waals surface area contributed by atoms with Crippen LogP contribution in [0, 0.1) is 6.92 Å². The molecule has 0 spiro atoms. The van der Waals surface area contributed by atoms with Crippen LogP contribution in [0.2, 0.25) is 0 Å². The van der Waals surface area contributed by atoms with Crippen molar-refractivity contribution in [2.75, 3.05) is 31.0 Å². The smallest absolute Gasteiger partial charge is 0.248 e. The second kappa shape index (κ2) is 14.4. The number of carbonyl (C=O) groups is 3. The topological polar surface area (TPSA) is 132 Å². The van der Waals surface area contributed by atoms with Crippen molar-refractivity contribution >= 4 is 29.2 Å². The van der Waals surface area contributed by atoms with E-state index < -0.39 is 29.3 Å². The molecule has 11 heteroatoms. The fourth-order valence-corrected chi connectivity index (χ4v) is 4.31. The molecule has 3 aromatic rings. The Morgan fingerprint density at radius 1 is 1.02 bits per heavy atom. The summed E-state index contributed by atoms with van der Waals surface area (Å²) >= 11 is 0. The molecule has 2 N–H and O–H groups in total. The number of carbonyl (C=O) groups excluding carboxylic acids is 3. The summed E-state index contributed by atoms with van der Waals surface area (Å²) in [6, 6.07) is 12.5. The van der Waals surface area contributed by atoms with E-state index >= 15 is 0 Å². The number of hydrogen-bond donors (Lipinski definition) is 2. The second-order valence-electron chi connectivity index (χ2n) is 10.3. The van der Waals surface area contributed by atoms with Crippen LogP contribution in [0.3, 0.4) is 0 Å². The van der Waals surface area contributed by atoms with Gasteiger partial charge in [0.25, 0.3) is 0 Å². The molecule has 0 fully saturated rings. The Labute approximate surface area is 246 Å². The molecule has 2 aromatic carbocycles. The molecule has 1 atom stereocenters. The zero-order valence-corrected chi connectivity index (χ0v) is 25.3. The van der Waals surface area contributed by atoms with Gasteiger partial charge < -0.3 is 29.4 Å². The average molecular weight is 581 g/mol. The third kappa shape index (κ3) is 8.02. The van der Waals surface area contributed by atoms with E-state index in [4.69, 9.17) is 18.7 Å². The van der Waals surface area contributed by atoms with E-state index in [2.05, 4.69) is 15.8 Å². The Hall–Kier alpha value is -4.54. The van der Waals surface area contributed by atoms with Crippen LogP contribution in [0.1, 0.15) is 64.3 Å². The van der Waals surface area contributed by atoms with Gasteiger partial charge in [0.2, 0.25) is 17.7 Å². The predicted octanol–water partition coefficient (Wildman–Crippen LogP) is 5.20. The Balaban J connectivity index is 2.11. The third-order valence-electron chi connectivity index (χ3n) is 6.72. The Morgan fingerprint density at radius 2 is 1.76 bits per heavy atom. The van der Waals surface area contributed by atoms with E-state index in [1.165, 1.54) is 19.1 Å². The number of para-hydroxylation sites is 1. The van der Waals surface area contributed by atoms with Gasteiger partial charge in [-0.2, -0.15) is 0 Å². The number of anilines is 2. The van der Waals surface area contributed by atoms with Crippen LogP contribution in [0.4, 0.5) is 11.5 Å². The lowest BCUT2D eigenvalue weighted by Crippen LogP contribution is -2.50. The first-order valence-corrected chi connectivity index (χ1v) is 13.8. The molecule has 42 heavy (non-hydrogen) atoms. The largest absolute Gasteiger partial charge is 0.494 e. The first-order chi connectivity index (χ1) is 20.0. The van der Waals surface area contributed by atoms with Crippen molar-refractivity contribution in [3.8, 4) is 17.2 Å². The highest BCUT2D eigenvalue weighted by atomic mass is 16.5. The molecule has 3 amide bonds. The zero-order valence-electron chi connectivity index (χ0n) is 25.3. The van der Waals surface area contributed by atoms with Crippen LogP contribution in [-0.4, -0.2) is 49.2 Å². The van der Waals surface area contributed by atoms with Crippen LogP contribution < -0.4 is 29.7 Å². The number of methoxy groups -OCH3 is 2. The number of nitrogens with zero attached hydrogens (tertiary/aromatic N) is 2. The van der Waals surface area contributed by atoms with Crippen LogP contribution >= 0.6 is 0 Å². The average Bonchev–Trinajstić information content (AvgIpc) is 3.38. The maximum Gasteiger partial charge on any atom is 0.248 e. The van der Waals surface area contributed by atoms with Gasteiger partial charge in [-0.3, -0.25) is 19.3 Å². The Bertz CT molecular complexity index is 1390. The molecule has 1 aromatic heterocycles. The van der Waals surface area contributed by atoms with E-state index in [0.29, 0.717) is 47.3 Å². The molecule has 1 heterocycles. The monoisotopic (exact) mass is 580 g/mol. The van der Waals surface area contributed by atoms with E-state index in [-0.39, 0.29) is 18.7 Å². The van der Waals surface area contributed by atoms with E-state index in [1.807, 2.05) is 27.7 Å². The second-order valence-corrected chi connectivity index (χ2v) is 10.3. The van der Waals surface area contributed by atoms with E-state index in [9.17, 15) is 14.4 Å². The highest BCUT2D eigenvalue weighted by Crippen LogP contribution is 2.40. The summed E-state index contributed by atoms with van der Waals surface area (Å²) < 4.78 is 21.9. The van der Waals surface area contributed by atoms with Crippen LogP contribution in [0.15, 0.2) is 53.1 Å². The summed E-state index contributed by atoms with van der Waals surface area (Å²) in [6.07, 6.45) is 0.293. The SMILES string of the molecule is CCOc1cccc(N(C(=O)CCC(=O)Nc2cc(C)on2)C(C(=O)NC(C)(C)CC)c2cccc(OC)c2OC)c1. The fourth-order valence-electron chi connectivity index (χ4n) is 4.31. The number of aromatic nitrogens is 1. The molecule has 0 radical (unpaired) electrons. The molecule has 0 bridgehead atoms. The minimum atomic E-state index is -1.17. The molecule has 0 saturated carbocycles. The van der Waals surface area contributed by atoms with Crippen molar-refractivity contribution in [1.29, 1.82) is 0 Å². The van der Waals surface area contributed by atoms with Gasteiger partial charge in [0.15, 0.2) is 17.3 Å². The molecule has 0 aliphatic rings. The lowest BCUT2D eigenvalue weighted by Gasteiger charge is -2.35. The van der Waals surface area contributed by atoms with Gasteiger partial charge in [0.05, 0.1) is 20.8 Å². The van der Waals surface area contributed by atoms with Crippen LogP contribution in [0.25, 0.3) is 0 Å². The van der Waals surface area contributed by atoms with Gasteiger partial charge in [0, 0.05) is 41.8 Å². The summed E-state index contributed by atoms with van der Waals surface area (Å²) in [4.78, 5) is 42.4. The number of rotatable bonds is 14. The highest BCUT2D eigenvalue weighted by molar-refractivity contribution is 6.03. The van der Waals surface area contributed by atoms with Crippen molar-refractivity contribution in [3.63, 3.8) is 0 Å². The summed E-state index contributed by atoms with van der Waals surface area (Å²) in [6.45, 7) is 9.75. The predicted molar refractivity (Wildman–Crippen MR) is 159 cm³/mol. The van der Waals surface area contributed by atoms with Gasteiger partial charge in [-0.05, 0) is 52.3 Å². The minimum absolute atomic E-state index is 0.156. The van der Waals surface area contributed by atoms with Crippen molar-refractivity contribution in [3.05, 3.63) is 59.9 Å². The number of amides is 3. The van der Waals surface area contributed by atoms with Gasteiger partial charge in [-0.1, -0.05) is 30.3 Å². The Morgan fingerprint density at radius 3 is 2.38 bits per heavy atom. The van der Waals surface area contributed by atoms with Gasteiger partial charge in [0.1, 0.15) is 17.6 Å². The summed E-state index contributed by atoms with van der Waals surface area (Å²) in [5, 5.41) is 9.47. The van der Waals surface area contributed by atoms with E-state index in [0.717, 1.165) is 0 Å². The minimum Gasteiger partial charge on any atom is -0.494 e. The van der Waals surface area contributed by atoms with Crippen LogP contribution in [-0.2, 0) is 14.4 Å². The number of benzene rings is 2. The molecule has 1 unspecified atom stereocenters. The van der Waals surface area contributed by atoms with Gasteiger partial charge in [-0.15, -0.1) is 0 Å². The van der Waals surface area contributed by atoms with Crippen LogP contribution in [0.5, 0.6) is 17.2 Å². The first kappa shape index (κ1) is 32.0. The number of ether oxygens (including phenoxy) is 3. The number of hydrogen-bond acceptors (Lipinski definition) is 8. The quantitative estimate of drug-likeness (QED) is 0.266. The first-order valence-electron chi connectivity index (χ1n) is 13.8. The normalized spacial score (nSPS) is 11.8. The highest BCUT2D eigenvalue weighted by Gasteiger charge is 2.37. The number of aryl methyl sites for hydroxylation is 1. The molecule has 0 saturated heterocycles. The van der Waals surface area contributed by atoms with Crippen molar-refractivity contribution in [1.82, 2.24) is 10.5 Å². The third-order valence-corrected chi connectivity index (χ3v) is 6.72. The molecular formula is C31H40N4O7. The van der Waals surface area contributed by atoms with Gasteiger partial charge >= 0.3 is 0 Å². The maximum atomic E-state index is 14.2. The number of nitrogens with one attached hydrogen (secondary N) is 2.